The number of pyridine rings is 1. The van der Waals surface area contributed by atoms with Gasteiger partial charge in [-0.1, -0.05) is 30.3 Å². The van der Waals surface area contributed by atoms with Crippen molar-refractivity contribution in [2.45, 2.75) is 13.0 Å². The second-order valence-corrected chi connectivity index (χ2v) is 8.32. The van der Waals surface area contributed by atoms with Crippen molar-refractivity contribution in [1.29, 1.82) is 0 Å². The number of β-amino-alcohol motifs (C(OH)–C–C–N with tert-alkyl or cyclic N) is 1. The number of para-hydroxylation sites is 3. The van der Waals surface area contributed by atoms with Crippen LogP contribution in [0.5, 0.6) is 17.4 Å². The number of nitrogens with one attached hydrogen (secondary N) is 1. The number of aliphatic hydroxyl groups is 1. The summed E-state index contributed by atoms with van der Waals surface area (Å²) in [6.45, 7) is 6.59. The van der Waals surface area contributed by atoms with Crippen molar-refractivity contribution in [2.75, 3.05) is 50.8 Å². The fourth-order valence-electron chi connectivity index (χ4n) is 4.08. The Labute approximate surface area is 206 Å². The second-order valence-electron chi connectivity index (χ2n) is 8.32. The third-order valence-electron chi connectivity index (χ3n) is 5.82. The highest BCUT2D eigenvalue weighted by molar-refractivity contribution is 5.96. The molecule has 1 aliphatic rings. The lowest BCUT2D eigenvalue weighted by molar-refractivity contribution is 0.0849. The fraction of sp³-hybridized carbons (Fsp3) is 0.333. The van der Waals surface area contributed by atoms with Crippen molar-refractivity contribution in [3.05, 3.63) is 78.5 Å². The summed E-state index contributed by atoms with van der Waals surface area (Å²) < 4.78 is 11.5. The number of hydrogen-bond donors (Lipinski definition) is 2. The summed E-state index contributed by atoms with van der Waals surface area (Å²) in [4.78, 5) is 21.5. The van der Waals surface area contributed by atoms with Crippen molar-refractivity contribution in [3.8, 4) is 17.4 Å². The molecule has 1 unspecified atom stereocenters. The molecule has 4 rings (SSSR count). The van der Waals surface area contributed by atoms with E-state index in [1.165, 1.54) is 0 Å². The Morgan fingerprint density at radius 2 is 1.77 bits per heavy atom. The van der Waals surface area contributed by atoms with Crippen LogP contribution >= 0.6 is 0 Å². The fourth-order valence-corrected chi connectivity index (χ4v) is 4.08. The van der Waals surface area contributed by atoms with Crippen LogP contribution in [-0.4, -0.2) is 72.9 Å². The molecule has 1 saturated heterocycles. The van der Waals surface area contributed by atoms with Gasteiger partial charge in [0.2, 0.25) is 5.88 Å². The van der Waals surface area contributed by atoms with Crippen LogP contribution in [0.4, 0.5) is 5.69 Å². The number of benzene rings is 2. The van der Waals surface area contributed by atoms with Gasteiger partial charge in [0.25, 0.3) is 5.91 Å². The SMILES string of the molecule is CCOc1ccccc1N1CCN(CC(O)CNC(=O)c2cccnc2Oc2ccccc2)CC1. The van der Waals surface area contributed by atoms with E-state index in [9.17, 15) is 9.90 Å². The first-order valence-electron chi connectivity index (χ1n) is 12.0. The smallest absolute Gasteiger partial charge is 0.256 e. The van der Waals surface area contributed by atoms with Gasteiger partial charge >= 0.3 is 0 Å². The normalized spacial score (nSPS) is 14.9. The summed E-state index contributed by atoms with van der Waals surface area (Å²) in [7, 11) is 0. The highest BCUT2D eigenvalue weighted by Crippen LogP contribution is 2.29. The summed E-state index contributed by atoms with van der Waals surface area (Å²) in [6, 6.07) is 20.6. The average molecular weight is 477 g/mol. The van der Waals surface area contributed by atoms with Crippen molar-refractivity contribution in [1.82, 2.24) is 15.2 Å². The first-order chi connectivity index (χ1) is 17.1. The standard InChI is InChI=1S/C27H32N4O4/c1-2-34-25-13-7-6-12-24(25)31-17-15-30(16-18-31)20-21(32)19-29-26(33)23-11-8-14-28-27(23)35-22-9-4-3-5-10-22/h3-14,21,32H,2,15-20H2,1H3,(H,29,33). The third-order valence-corrected chi connectivity index (χ3v) is 5.82. The second kappa shape index (κ2) is 12.2. The van der Waals surface area contributed by atoms with Gasteiger partial charge in [0, 0.05) is 45.5 Å². The molecule has 0 saturated carbocycles. The molecule has 8 heteroatoms. The maximum atomic E-state index is 12.8. The molecule has 1 fully saturated rings. The minimum absolute atomic E-state index is 0.145. The van der Waals surface area contributed by atoms with Gasteiger partial charge in [-0.05, 0) is 43.3 Å². The minimum atomic E-state index is -0.684. The van der Waals surface area contributed by atoms with Crippen LogP contribution in [0.25, 0.3) is 0 Å². The van der Waals surface area contributed by atoms with E-state index < -0.39 is 6.10 Å². The van der Waals surface area contributed by atoms with Crippen LogP contribution < -0.4 is 19.7 Å². The van der Waals surface area contributed by atoms with E-state index >= 15 is 0 Å². The molecule has 1 amide bonds. The van der Waals surface area contributed by atoms with Crippen LogP contribution in [0, 0.1) is 0 Å². The van der Waals surface area contributed by atoms with Gasteiger partial charge in [-0.25, -0.2) is 4.98 Å². The molecule has 1 aromatic heterocycles. The van der Waals surface area contributed by atoms with E-state index in [0.717, 1.165) is 37.6 Å². The van der Waals surface area contributed by atoms with Gasteiger partial charge in [-0.3, -0.25) is 9.69 Å². The quantitative estimate of drug-likeness (QED) is 0.465. The number of carbonyl (C=O) groups excluding carboxylic acids is 1. The molecule has 2 heterocycles. The highest BCUT2D eigenvalue weighted by Gasteiger charge is 2.22. The van der Waals surface area contributed by atoms with Crippen LogP contribution in [-0.2, 0) is 0 Å². The first-order valence-corrected chi connectivity index (χ1v) is 12.0. The summed E-state index contributed by atoms with van der Waals surface area (Å²) in [5.74, 6) is 1.40. The van der Waals surface area contributed by atoms with Gasteiger partial charge in [0.15, 0.2) is 0 Å². The molecular weight excluding hydrogens is 444 g/mol. The third kappa shape index (κ3) is 6.71. The molecular formula is C27H32N4O4. The topological polar surface area (TPSA) is 87.2 Å². The Morgan fingerprint density at radius 3 is 2.54 bits per heavy atom. The number of carbonyl (C=O) groups is 1. The van der Waals surface area contributed by atoms with Gasteiger partial charge in [0.05, 0.1) is 18.4 Å². The lowest BCUT2D eigenvalue weighted by atomic mass is 10.2. The number of nitrogens with zero attached hydrogens (tertiary/aromatic N) is 3. The molecule has 0 bridgehead atoms. The number of aliphatic hydroxyl groups excluding tert-OH is 1. The predicted molar refractivity (Wildman–Crippen MR) is 135 cm³/mol. The van der Waals surface area contributed by atoms with E-state index in [1.807, 2.05) is 43.3 Å². The van der Waals surface area contributed by atoms with E-state index in [0.29, 0.717) is 24.5 Å². The number of rotatable bonds is 10. The van der Waals surface area contributed by atoms with Gasteiger partial charge in [-0.2, -0.15) is 0 Å². The average Bonchev–Trinajstić information content (AvgIpc) is 2.89. The van der Waals surface area contributed by atoms with E-state index in [2.05, 4.69) is 26.2 Å². The predicted octanol–water partition coefficient (Wildman–Crippen LogP) is 3.19. The molecule has 35 heavy (non-hydrogen) atoms. The molecule has 0 aliphatic carbocycles. The molecule has 2 aromatic carbocycles. The Hall–Kier alpha value is -3.62. The van der Waals surface area contributed by atoms with Crippen molar-refractivity contribution in [2.24, 2.45) is 0 Å². The first kappa shape index (κ1) is 24.5. The zero-order valence-electron chi connectivity index (χ0n) is 20.0. The lowest BCUT2D eigenvalue weighted by Gasteiger charge is -2.37. The van der Waals surface area contributed by atoms with Crippen LogP contribution in [0.3, 0.4) is 0 Å². The maximum absolute atomic E-state index is 12.8. The van der Waals surface area contributed by atoms with Crippen molar-refractivity contribution < 1.29 is 19.4 Å². The van der Waals surface area contributed by atoms with Gasteiger partial charge in [-0.15, -0.1) is 0 Å². The van der Waals surface area contributed by atoms with E-state index in [1.54, 1.807) is 30.5 Å². The molecule has 1 atom stereocenters. The number of amides is 1. The summed E-state index contributed by atoms with van der Waals surface area (Å²) in [5, 5.41) is 13.4. The number of ether oxygens (including phenoxy) is 2. The maximum Gasteiger partial charge on any atom is 0.256 e. The molecule has 8 nitrogen and oxygen atoms in total. The Bertz CT molecular complexity index is 1090. The zero-order valence-corrected chi connectivity index (χ0v) is 20.0. The number of piperazine rings is 1. The Balaban J connectivity index is 1.25. The monoisotopic (exact) mass is 476 g/mol. The summed E-state index contributed by atoms with van der Waals surface area (Å²) in [5.41, 5.74) is 1.43. The summed E-state index contributed by atoms with van der Waals surface area (Å²) >= 11 is 0. The highest BCUT2D eigenvalue weighted by atomic mass is 16.5. The molecule has 3 aromatic rings. The molecule has 0 radical (unpaired) electrons. The molecule has 1 aliphatic heterocycles. The van der Waals surface area contributed by atoms with E-state index in [-0.39, 0.29) is 18.3 Å². The van der Waals surface area contributed by atoms with Gasteiger partial charge < -0.3 is 24.8 Å². The number of anilines is 1. The Morgan fingerprint density at radius 1 is 1.03 bits per heavy atom. The molecule has 184 valence electrons. The van der Waals surface area contributed by atoms with Crippen LogP contribution in [0.1, 0.15) is 17.3 Å². The number of aromatic nitrogens is 1. The largest absolute Gasteiger partial charge is 0.492 e. The zero-order chi connectivity index (χ0) is 24.5. The molecule has 2 N–H and O–H groups in total. The lowest BCUT2D eigenvalue weighted by Crippen LogP contribution is -2.50. The van der Waals surface area contributed by atoms with Crippen molar-refractivity contribution in [3.63, 3.8) is 0 Å². The Kier molecular flexibility index (Phi) is 8.53. The molecule has 0 spiro atoms. The van der Waals surface area contributed by atoms with E-state index in [4.69, 9.17) is 9.47 Å². The van der Waals surface area contributed by atoms with Crippen LogP contribution in [0.2, 0.25) is 0 Å². The number of hydrogen-bond acceptors (Lipinski definition) is 7. The van der Waals surface area contributed by atoms with Gasteiger partial charge in [0.1, 0.15) is 17.1 Å². The van der Waals surface area contributed by atoms with Crippen molar-refractivity contribution >= 4 is 11.6 Å². The van der Waals surface area contributed by atoms with Crippen LogP contribution in [0.15, 0.2) is 72.9 Å². The summed E-state index contributed by atoms with van der Waals surface area (Å²) in [6.07, 6.45) is 0.896. The minimum Gasteiger partial charge on any atom is -0.492 e.